The van der Waals surface area contributed by atoms with Gasteiger partial charge in [0.05, 0.1) is 0 Å². The Morgan fingerprint density at radius 2 is 2.00 bits per heavy atom. The molecule has 0 aromatic rings. The van der Waals surface area contributed by atoms with Crippen molar-refractivity contribution in [1.82, 2.24) is 5.32 Å². The Morgan fingerprint density at radius 3 is 2.20 bits per heavy atom. The summed E-state index contributed by atoms with van der Waals surface area (Å²) >= 11 is 4.96. The molecule has 10 heavy (non-hydrogen) atoms. The van der Waals surface area contributed by atoms with E-state index in [4.69, 9.17) is 0 Å². The van der Waals surface area contributed by atoms with Crippen molar-refractivity contribution in [2.24, 2.45) is 0 Å². The van der Waals surface area contributed by atoms with Gasteiger partial charge in [-0.1, -0.05) is 6.42 Å². The summed E-state index contributed by atoms with van der Waals surface area (Å²) in [5.41, 5.74) is 0. The predicted molar refractivity (Wildman–Crippen MR) is 65.1 cm³/mol. The summed E-state index contributed by atoms with van der Waals surface area (Å²) in [7, 11) is 0. The van der Waals surface area contributed by atoms with Crippen molar-refractivity contribution in [2.45, 2.75) is 32.2 Å². The van der Waals surface area contributed by atoms with E-state index in [-0.39, 0.29) is 15.6 Å². The summed E-state index contributed by atoms with van der Waals surface area (Å²) in [5.74, 6) is 0. The van der Waals surface area contributed by atoms with Crippen molar-refractivity contribution < 1.29 is 0 Å². The maximum atomic E-state index is 3.38. The van der Waals surface area contributed by atoms with Gasteiger partial charge in [0.25, 0.3) is 0 Å². The molecule has 0 aromatic heterocycles. The number of rotatable bonds is 0. The summed E-state index contributed by atoms with van der Waals surface area (Å²) < 4.78 is 0. The maximum absolute atomic E-state index is 3.38. The molecular formula is C6H13I2NPb. The van der Waals surface area contributed by atoms with Gasteiger partial charge >= 0.3 is 51.2 Å². The SMILES string of the molecule is CC1CCCCN1.[I][Pb][I]. The van der Waals surface area contributed by atoms with Crippen LogP contribution in [0, 0.1) is 0 Å². The van der Waals surface area contributed by atoms with Crippen molar-refractivity contribution in [3.63, 3.8) is 0 Å². The third kappa shape index (κ3) is 8.44. The second kappa shape index (κ2) is 9.43. The molecule has 2 radical (unpaired) electrons. The van der Waals surface area contributed by atoms with E-state index in [0.29, 0.717) is 0 Å². The Bertz CT molecular complexity index is 66.8. The van der Waals surface area contributed by atoms with Gasteiger partial charge in [-0.05, 0) is 26.3 Å². The van der Waals surface area contributed by atoms with Gasteiger partial charge in [-0.25, -0.2) is 0 Å². The second-order valence-corrected chi connectivity index (χ2v) is 30.6. The fraction of sp³-hybridized carbons (Fsp3) is 1.00. The molecule has 1 aliphatic heterocycles. The van der Waals surface area contributed by atoms with E-state index in [1.54, 1.807) is 0 Å². The molecule has 1 heterocycles. The van der Waals surface area contributed by atoms with Crippen LogP contribution in [0.3, 0.4) is 0 Å². The number of hydrogen-bond acceptors (Lipinski definition) is 1. The summed E-state index contributed by atoms with van der Waals surface area (Å²) in [6, 6.07) is 0.786. The summed E-state index contributed by atoms with van der Waals surface area (Å²) in [4.78, 5) is 0. The fourth-order valence-corrected chi connectivity index (χ4v) is 1.03. The Labute approximate surface area is 93.6 Å². The molecule has 1 fully saturated rings. The van der Waals surface area contributed by atoms with Crippen LogP contribution < -0.4 is 5.32 Å². The fourth-order valence-electron chi connectivity index (χ4n) is 1.03. The Balaban J connectivity index is 0.000000236. The average molecular weight is 560 g/mol. The second-order valence-electron chi connectivity index (χ2n) is 2.42. The molecule has 1 saturated heterocycles. The molecule has 1 N–H and O–H groups in total. The molecule has 4 heteroatoms. The van der Waals surface area contributed by atoms with Crippen LogP contribution in [-0.2, 0) is 0 Å². The van der Waals surface area contributed by atoms with Crippen LogP contribution >= 0.6 is 35.5 Å². The number of piperidine rings is 1. The van der Waals surface area contributed by atoms with Crippen molar-refractivity contribution in [2.75, 3.05) is 6.54 Å². The van der Waals surface area contributed by atoms with Gasteiger partial charge in [0.15, 0.2) is 0 Å². The molecule has 1 atom stereocenters. The van der Waals surface area contributed by atoms with Crippen LogP contribution in [0.25, 0.3) is 0 Å². The van der Waals surface area contributed by atoms with Crippen molar-refractivity contribution in [1.29, 1.82) is 0 Å². The van der Waals surface area contributed by atoms with Gasteiger partial charge in [-0.3, -0.25) is 0 Å². The quantitative estimate of drug-likeness (QED) is 0.355. The van der Waals surface area contributed by atoms with Gasteiger partial charge in [0, 0.05) is 6.04 Å². The third-order valence-electron chi connectivity index (χ3n) is 1.56. The first kappa shape index (κ1) is 12.3. The average Bonchev–Trinajstić information content (AvgIpc) is 1.91. The molecule has 0 saturated carbocycles. The van der Waals surface area contributed by atoms with E-state index >= 15 is 0 Å². The summed E-state index contributed by atoms with van der Waals surface area (Å²) in [5, 5.41) is 3.38. The summed E-state index contributed by atoms with van der Waals surface area (Å²) in [6.45, 7) is 3.49. The number of nitrogens with one attached hydrogen (secondary N) is 1. The molecule has 1 rings (SSSR count). The van der Waals surface area contributed by atoms with Gasteiger partial charge in [0.1, 0.15) is 0 Å². The van der Waals surface area contributed by atoms with E-state index in [1.807, 2.05) is 0 Å². The Hall–Kier alpha value is 2.34. The standard InChI is InChI=1S/C6H13N.2HI.Pb/c1-6-4-2-3-5-7-6;;;/h6-7H,2-5H2,1H3;2*1H;/q;;;+2/p-2. The molecular weight excluding hydrogens is 547 g/mol. The van der Waals surface area contributed by atoms with E-state index in [9.17, 15) is 0 Å². The van der Waals surface area contributed by atoms with Crippen LogP contribution in [0.5, 0.6) is 0 Å². The van der Waals surface area contributed by atoms with Crippen LogP contribution in [0.2, 0.25) is 0 Å². The number of halogens is 2. The van der Waals surface area contributed by atoms with Crippen LogP contribution in [0.15, 0.2) is 0 Å². The zero-order chi connectivity index (χ0) is 7.82. The van der Waals surface area contributed by atoms with Gasteiger partial charge in [-0.2, -0.15) is 0 Å². The van der Waals surface area contributed by atoms with Crippen LogP contribution in [-0.4, -0.2) is 28.2 Å². The van der Waals surface area contributed by atoms with E-state index in [1.165, 1.54) is 25.8 Å². The van der Waals surface area contributed by atoms with E-state index < -0.39 is 0 Å². The predicted octanol–water partition coefficient (Wildman–Crippen LogP) is 2.54. The minimum absolute atomic E-state index is 0.0233. The zero-order valence-electron chi connectivity index (χ0n) is 6.16. The monoisotopic (exact) mass is 561 g/mol. The first-order valence-electron chi connectivity index (χ1n) is 3.51. The van der Waals surface area contributed by atoms with Gasteiger partial charge < -0.3 is 5.32 Å². The molecule has 0 aliphatic carbocycles. The minimum atomic E-state index is 0.0233. The Morgan fingerprint density at radius 1 is 1.40 bits per heavy atom. The first-order valence-corrected chi connectivity index (χ1v) is 25.4. The van der Waals surface area contributed by atoms with E-state index in [2.05, 4.69) is 47.8 Å². The molecule has 0 bridgehead atoms. The first-order chi connectivity index (χ1) is 4.81. The summed E-state index contributed by atoms with van der Waals surface area (Å²) in [6.07, 6.45) is 4.18. The molecule has 1 unspecified atom stereocenters. The van der Waals surface area contributed by atoms with Crippen molar-refractivity contribution >= 4 is 51.2 Å². The molecule has 1 aliphatic rings. The van der Waals surface area contributed by atoms with Gasteiger partial charge in [0.2, 0.25) is 0 Å². The van der Waals surface area contributed by atoms with E-state index in [0.717, 1.165) is 6.04 Å². The topological polar surface area (TPSA) is 12.0 Å². The van der Waals surface area contributed by atoms with Crippen molar-refractivity contribution in [3.8, 4) is 0 Å². The van der Waals surface area contributed by atoms with Gasteiger partial charge in [-0.15, -0.1) is 0 Å². The zero-order valence-corrected chi connectivity index (χ0v) is 14.4. The molecule has 0 spiro atoms. The molecule has 60 valence electrons. The molecule has 0 amide bonds. The number of hydrogen-bond donors (Lipinski definition) is 1. The van der Waals surface area contributed by atoms with Crippen molar-refractivity contribution in [3.05, 3.63) is 0 Å². The normalized spacial score (nSPS) is 24.9. The third-order valence-corrected chi connectivity index (χ3v) is 1.56. The molecule has 1 nitrogen and oxygen atoms in total. The van der Waals surface area contributed by atoms with Crippen LogP contribution in [0.1, 0.15) is 26.2 Å². The van der Waals surface area contributed by atoms with Crippen LogP contribution in [0.4, 0.5) is 0 Å². The molecule has 0 aromatic carbocycles. The Kier molecular flexibility index (Phi) is 11.6.